The zero-order valence-corrected chi connectivity index (χ0v) is 14.0. The summed E-state index contributed by atoms with van der Waals surface area (Å²) >= 11 is 6.03. The molecule has 2 aromatic carbocycles. The highest BCUT2D eigenvalue weighted by atomic mass is 35.5. The molecule has 0 aliphatic carbocycles. The summed E-state index contributed by atoms with van der Waals surface area (Å²) in [7, 11) is 0. The Labute approximate surface area is 142 Å². The summed E-state index contributed by atoms with van der Waals surface area (Å²) in [5.74, 6) is 0. The number of hydrogen-bond donors (Lipinski definition) is 0. The third-order valence-corrected chi connectivity index (χ3v) is 4.47. The first-order valence-corrected chi connectivity index (χ1v) is 8.28. The van der Waals surface area contributed by atoms with E-state index < -0.39 is 0 Å². The highest BCUT2D eigenvalue weighted by Gasteiger charge is 2.14. The zero-order chi connectivity index (χ0) is 16.2. The van der Waals surface area contributed by atoms with Gasteiger partial charge in [0.25, 0.3) is 0 Å². The first-order chi connectivity index (χ1) is 11.2. The van der Waals surface area contributed by atoms with E-state index in [1.807, 2.05) is 30.3 Å². The van der Waals surface area contributed by atoms with Crippen molar-refractivity contribution in [2.75, 3.05) is 18.0 Å². The normalized spacial score (nSPS) is 14.8. The Morgan fingerprint density at radius 2 is 1.96 bits per heavy atom. The van der Waals surface area contributed by atoms with Gasteiger partial charge in [0.2, 0.25) is 0 Å². The lowest BCUT2D eigenvalue weighted by molar-refractivity contribution is 0.949. The van der Waals surface area contributed by atoms with E-state index in [1.165, 1.54) is 24.1 Å². The van der Waals surface area contributed by atoms with Crippen LogP contribution in [-0.2, 0) is 0 Å². The van der Waals surface area contributed by atoms with Gasteiger partial charge in [-0.25, -0.2) is 0 Å². The van der Waals surface area contributed by atoms with Crippen LogP contribution in [0.4, 0.5) is 5.69 Å². The molecule has 0 aromatic heterocycles. The van der Waals surface area contributed by atoms with Crippen molar-refractivity contribution < 1.29 is 0 Å². The maximum Gasteiger partial charge on any atom is 0.0998 e. The van der Waals surface area contributed by atoms with Crippen LogP contribution >= 0.6 is 11.6 Å². The number of anilines is 1. The Morgan fingerprint density at radius 1 is 1.17 bits per heavy atom. The maximum atomic E-state index is 9.46. The molecular formula is C20H19ClN2. The van der Waals surface area contributed by atoms with Gasteiger partial charge in [-0.2, -0.15) is 5.26 Å². The first kappa shape index (κ1) is 15.6. The van der Waals surface area contributed by atoms with E-state index in [9.17, 15) is 5.26 Å². The fraction of sp³-hybridized carbons (Fsp3) is 0.250. The summed E-state index contributed by atoms with van der Waals surface area (Å²) in [6, 6.07) is 16.1. The van der Waals surface area contributed by atoms with Crippen LogP contribution in [0.25, 0.3) is 11.6 Å². The van der Waals surface area contributed by atoms with E-state index >= 15 is 0 Å². The van der Waals surface area contributed by atoms with Crippen LogP contribution in [-0.4, -0.2) is 13.1 Å². The number of rotatable bonds is 3. The summed E-state index contributed by atoms with van der Waals surface area (Å²) in [6.45, 7) is 4.42. The van der Waals surface area contributed by atoms with Gasteiger partial charge in [-0.05, 0) is 66.8 Å². The van der Waals surface area contributed by atoms with Crippen molar-refractivity contribution in [3.05, 3.63) is 64.2 Å². The van der Waals surface area contributed by atoms with Crippen molar-refractivity contribution in [3.8, 4) is 6.07 Å². The molecule has 1 saturated heterocycles. The quantitative estimate of drug-likeness (QED) is 0.565. The number of nitriles is 1. The zero-order valence-electron chi connectivity index (χ0n) is 13.2. The van der Waals surface area contributed by atoms with Crippen LogP contribution < -0.4 is 4.90 Å². The predicted octanol–water partition coefficient (Wildman–Crippen LogP) is 5.31. The van der Waals surface area contributed by atoms with E-state index in [2.05, 4.69) is 36.1 Å². The Kier molecular flexibility index (Phi) is 4.69. The van der Waals surface area contributed by atoms with Gasteiger partial charge in [-0.1, -0.05) is 29.8 Å². The number of allylic oxidation sites excluding steroid dienone is 1. The molecule has 0 saturated carbocycles. The lowest BCUT2D eigenvalue weighted by atomic mass is 10.0. The summed E-state index contributed by atoms with van der Waals surface area (Å²) in [4.78, 5) is 2.44. The van der Waals surface area contributed by atoms with Crippen molar-refractivity contribution in [2.24, 2.45) is 0 Å². The molecule has 1 aliphatic heterocycles. The van der Waals surface area contributed by atoms with E-state index in [1.54, 1.807) is 0 Å². The molecule has 1 heterocycles. The molecular weight excluding hydrogens is 304 g/mol. The number of halogens is 1. The molecule has 1 aliphatic rings. The Balaban J connectivity index is 1.91. The lowest BCUT2D eigenvalue weighted by Crippen LogP contribution is -2.18. The first-order valence-electron chi connectivity index (χ1n) is 7.91. The van der Waals surface area contributed by atoms with E-state index in [0.29, 0.717) is 10.6 Å². The van der Waals surface area contributed by atoms with Crippen molar-refractivity contribution in [1.82, 2.24) is 0 Å². The van der Waals surface area contributed by atoms with Gasteiger partial charge < -0.3 is 4.90 Å². The second-order valence-electron chi connectivity index (χ2n) is 5.92. The second kappa shape index (κ2) is 6.89. The number of nitrogens with zero attached hydrogens (tertiary/aromatic N) is 2. The van der Waals surface area contributed by atoms with Gasteiger partial charge in [-0.15, -0.1) is 0 Å². The van der Waals surface area contributed by atoms with Gasteiger partial charge >= 0.3 is 0 Å². The van der Waals surface area contributed by atoms with E-state index in [0.717, 1.165) is 24.2 Å². The third kappa shape index (κ3) is 3.57. The molecule has 2 nitrogen and oxygen atoms in total. The largest absolute Gasteiger partial charge is 0.371 e. The smallest absolute Gasteiger partial charge is 0.0998 e. The van der Waals surface area contributed by atoms with Crippen molar-refractivity contribution >= 4 is 28.9 Å². The molecule has 2 aromatic rings. The number of hydrogen-bond acceptors (Lipinski definition) is 2. The standard InChI is InChI=1S/C20H19ClN2/c1-15-11-16(7-8-20(15)23-9-2-3-10-23)12-18(14-22)17-5-4-6-19(21)13-17/h4-8,11-13H,2-3,9-10H2,1H3. The SMILES string of the molecule is Cc1cc(C=C(C#N)c2cccc(Cl)c2)ccc1N1CCCC1. The molecule has 0 unspecified atom stereocenters. The Hall–Kier alpha value is -2.24. The summed E-state index contributed by atoms with van der Waals surface area (Å²) < 4.78 is 0. The molecule has 116 valence electrons. The van der Waals surface area contributed by atoms with Crippen LogP contribution in [0.5, 0.6) is 0 Å². The molecule has 0 N–H and O–H groups in total. The topological polar surface area (TPSA) is 27.0 Å². The minimum absolute atomic E-state index is 0.626. The second-order valence-corrected chi connectivity index (χ2v) is 6.36. The monoisotopic (exact) mass is 322 g/mol. The number of benzene rings is 2. The third-order valence-electron chi connectivity index (χ3n) is 4.23. The summed E-state index contributed by atoms with van der Waals surface area (Å²) in [5, 5.41) is 10.1. The van der Waals surface area contributed by atoms with Crippen LogP contribution in [0.2, 0.25) is 5.02 Å². The maximum absolute atomic E-state index is 9.46. The average molecular weight is 323 g/mol. The van der Waals surface area contributed by atoms with Gasteiger partial charge in [0.1, 0.15) is 0 Å². The van der Waals surface area contributed by atoms with Crippen LogP contribution in [0.3, 0.4) is 0 Å². The molecule has 0 atom stereocenters. The van der Waals surface area contributed by atoms with E-state index in [4.69, 9.17) is 11.6 Å². The molecule has 0 radical (unpaired) electrons. The minimum Gasteiger partial charge on any atom is -0.371 e. The van der Waals surface area contributed by atoms with Gasteiger partial charge in [0.05, 0.1) is 11.6 Å². The van der Waals surface area contributed by atoms with E-state index in [-0.39, 0.29) is 0 Å². The summed E-state index contributed by atoms with van der Waals surface area (Å²) in [6.07, 6.45) is 4.47. The molecule has 0 bridgehead atoms. The highest BCUT2D eigenvalue weighted by molar-refractivity contribution is 6.30. The van der Waals surface area contributed by atoms with Crippen molar-refractivity contribution in [2.45, 2.75) is 19.8 Å². The molecule has 0 spiro atoms. The molecule has 23 heavy (non-hydrogen) atoms. The number of aryl methyl sites for hydroxylation is 1. The van der Waals surface area contributed by atoms with Crippen LogP contribution in [0.15, 0.2) is 42.5 Å². The molecule has 0 amide bonds. The Morgan fingerprint density at radius 3 is 2.61 bits per heavy atom. The predicted molar refractivity (Wildman–Crippen MR) is 97.6 cm³/mol. The average Bonchev–Trinajstić information content (AvgIpc) is 3.07. The molecule has 3 heteroatoms. The van der Waals surface area contributed by atoms with Gasteiger partial charge in [-0.3, -0.25) is 0 Å². The molecule has 3 rings (SSSR count). The van der Waals surface area contributed by atoms with Gasteiger partial charge in [0.15, 0.2) is 0 Å². The fourth-order valence-corrected chi connectivity index (χ4v) is 3.27. The lowest BCUT2D eigenvalue weighted by Gasteiger charge is -2.20. The fourth-order valence-electron chi connectivity index (χ4n) is 3.08. The molecule has 1 fully saturated rings. The van der Waals surface area contributed by atoms with Crippen LogP contribution in [0.1, 0.15) is 29.5 Å². The van der Waals surface area contributed by atoms with Crippen molar-refractivity contribution in [1.29, 1.82) is 5.26 Å². The van der Waals surface area contributed by atoms with Gasteiger partial charge in [0, 0.05) is 23.8 Å². The highest BCUT2D eigenvalue weighted by Crippen LogP contribution is 2.27. The minimum atomic E-state index is 0.626. The summed E-state index contributed by atoms with van der Waals surface area (Å²) in [5.41, 5.74) is 5.08. The van der Waals surface area contributed by atoms with Crippen molar-refractivity contribution in [3.63, 3.8) is 0 Å². The van der Waals surface area contributed by atoms with Crippen LogP contribution in [0, 0.1) is 18.3 Å². The Bertz CT molecular complexity index is 780.